The van der Waals surface area contributed by atoms with Crippen LogP contribution in [0.2, 0.25) is 0 Å². The largest absolute Gasteiger partial charge is 0.376 e. The van der Waals surface area contributed by atoms with Gasteiger partial charge >= 0.3 is 0 Å². The van der Waals surface area contributed by atoms with Gasteiger partial charge in [-0.05, 0) is 43.9 Å². The van der Waals surface area contributed by atoms with Crippen molar-refractivity contribution in [3.63, 3.8) is 0 Å². The van der Waals surface area contributed by atoms with Gasteiger partial charge in [-0.1, -0.05) is 12.1 Å². The summed E-state index contributed by atoms with van der Waals surface area (Å²) in [5.74, 6) is -0.290. The molecule has 5 nitrogen and oxygen atoms in total. The summed E-state index contributed by atoms with van der Waals surface area (Å²) in [5.41, 5.74) is 3.17. The van der Waals surface area contributed by atoms with E-state index in [0.29, 0.717) is 13.1 Å². The number of aryl methyl sites for hydroxylation is 1. The Labute approximate surface area is 137 Å². The molecule has 0 bridgehead atoms. The molecule has 0 unspecified atom stereocenters. The highest BCUT2D eigenvalue weighted by Gasteiger charge is 2.36. The minimum atomic E-state index is -0.274. The predicted molar refractivity (Wildman–Crippen MR) is 88.4 cm³/mol. The van der Waals surface area contributed by atoms with Crippen LogP contribution in [0.4, 0.5) is 5.69 Å². The van der Waals surface area contributed by atoms with Crippen LogP contribution in [0.15, 0.2) is 18.2 Å². The SMILES string of the molecule is Cc1cccc(N2C[C@@H](C(=O)NC[C@@H]3CCCO3)CC2=O)c1C. The molecule has 2 aliphatic rings. The van der Waals surface area contributed by atoms with E-state index in [0.717, 1.165) is 36.3 Å². The lowest BCUT2D eigenvalue weighted by molar-refractivity contribution is -0.126. The first-order valence-electron chi connectivity index (χ1n) is 8.32. The second-order valence-corrected chi connectivity index (χ2v) is 6.50. The number of nitrogens with one attached hydrogen (secondary N) is 1. The third-order valence-electron chi connectivity index (χ3n) is 4.89. The first-order valence-corrected chi connectivity index (χ1v) is 8.32. The van der Waals surface area contributed by atoms with E-state index >= 15 is 0 Å². The second-order valence-electron chi connectivity index (χ2n) is 6.50. The molecule has 5 heteroatoms. The molecule has 0 spiro atoms. The maximum atomic E-state index is 12.3. The van der Waals surface area contributed by atoms with Crippen LogP contribution >= 0.6 is 0 Å². The number of ether oxygens (including phenoxy) is 1. The zero-order valence-corrected chi connectivity index (χ0v) is 13.8. The van der Waals surface area contributed by atoms with Crippen molar-refractivity contribution in [3.8, 4) is 0 Å². The van der Waals surface area contributed by atoms with Crippen molar-refractivity contribution in [2.24, 2.45) is 5.92 Å². The van der Waals surface area contributed by atoms with Gasteiger partial charge in [0.15, 0.2) is 0 Å². The monoisotopic (exact) mass is 316 g/mol. The summed E-state index contributed by atoms with van der Waals surface area (Å²) in [4.78, 5) is 26.4. The Morgan fingerprint density at radius 3 is 2.96 bits per heavy atom. The number of carbonyl (C=O) groups is 2. The number of benzene rings is 1. The molecule has 1 N–H and O–H groups in total. The fraction of sp³-hybridized carbons (Fsp3) is 0.556. The van der Waals surface area contributed by atoms with E-state index in [1.807, 2.05) is 32.0 Å². The summed E-state index contributed by atoms with van der Waals surface area (Å²) < 4.78 is 5.51. The van der Waals surface area contributed by atoms with Gasteiger partial charge in [0.25, 0.3) is 0 Å². The fourth-order valence-corrected chi connectivity index (χ4v) is 3.31. The van der Waals surface area contributed by atoms with Crippen LogP contribution < -0.4 is 10.2 Å². The number of hydrogen-bond donors (Lipinski definition) is 1. The molecule has 2 atom stereocenters. The molecule has 0 aromatic heterocycles. The van der Waals surface area contributed by atoms with Gasteiger partial charge < -0.3 is 15.0 Å². The number of nitrogens with zero attached hydrogens (tertiary/aromatic N) is 1. The molecule has 0 saturated carbocycles. The highest BCUT2D eigenvalue weighted by molar-refractivity contribution is 6.00. The molecule has 23 heavy (non-hydrogen) atoms. The molecular formula is C18H24N2O3. The van der Waals surface area contributed by atoms with E-state index in [1.165, 1.54) is 0 Å². The molecule has 1 aromatic rings. The van der Waals surface area contributed by atoms with Gasteiger partial charge in [-0.15, -0.1) is 0 Å². The Bertz CT molecular complexity index is 608. The number of hydrogen-bond acceptors (Lipinski definition) is 3. The van der Waals surface area contributed by atoms with Crippen LogP contribution in [0.5, 0.6) is 0 Å². The third kappa shape index (κ3) is 3.39. The van der Waals surface area contributed by atoms with Gasteiger partial charge in [-0.2, -0.15) is 0 Å². The predicted octanol–water partition coefficient (Wildman–Crippen LogP) is 1.95. The Kier molecular flexibility index (Phi) is 4.66. The molecule has 124 valence electrons. The normalized spacial score (nSPS) is 24.3. The fourth-order valence-electron chi connectivity index (χ4n) is 3.31. The van der Waals surface area contributed by atoms with Crippen molar-refractivity contribution in [1.29, 1.82) is 0 Å². The van der Waals surface area contributed by atoms with Gasteiger partial charge in [-0.3, -0.25) is 9.59 Å². The van der Waals surface area contributed by atoms with E-state index in [1.54, 1.807) is 4.90 Å². The average Bonchev–Trinajstić information content (AvgIpc) is 3.17. The molecule has 1 aromatic carbocycles. The van der Waals surface area contributed by atoms with Crippen molar-refractivity contribution < 1.29 is 14.3 Å². The second kappa shape index (κ2) is 6.71. The Morgan fingerprint density at radius 1 is 1.39 bits per heavy atom. The zero-order chi connectivity index (χ0) is 16.4. The Balaban J connectivity index is 1.62. The molecule has 3 rings (SSSR count). The number of carbonyl (C=O) groups excluding carboxylic acids is 2. The first-order chi connectivity index (χ1) is 11.1. The summed E-state index contributed by atoms with van der Waals surface area (Å²) in [6.45, 7) is 5.84. The highest BCUT2D eigenvalue weighted by atomic mass is 16.5. The summed E-state index contributed by atoms with van der Waals surface area (Å²) in [6.07, 6.45) is 2.47. The summed E-state index contributed by atoms with van der Waals surface area (Å²) in [5, 5.41) is 2.94. The average molecular weight is 316 g/mol. The van der Waals surface area contributed by atoms with Gasteiger partial charge in [0.05, 0.1) is 12.0 Å². The van der Waals surface area contributed by atoms with Crippen molar-refractivity contribution in [1.82, 2.24) is 5.32 Å². The highest BCUT2D eigenvalue weighted by Crippen LogP contribution is 2.29. The van der Waals surface area contributed by atoms with Gasteiger partial charge in [-0.25, -0.2) is 0 Å². The van der Waals surface area contributed by atoms with Crippen LogP contribution in [0.1, 0.15) is 30.4 Å². The minimum Gasteiger partial charge on any atom is -0.376 e. The maximum absolute atomic E-state index is 12.3. The van der Waals surface area contributed by atoms with Crippen molar-refractivity contribution >= 4 is 17.5 Å². The summed E-state index contributed by atoms with van der Waals surface area (Å²) in [7, 11) is 0. The van der Waals surface area contributed by atoms with E-state index < -0.39 is 0 Å². The molecule has 2 heterocycles. The Hall–Kier alpha value is -1.88. The minimum absolute atomic E-state index is 0.0240. The van der Waals surface area contributed by atoms with Crippen molar-refractivity contribution in [2.75, 3.05) is 24.6 Å². The summed E-state index contributed by atoms with van der Waals surface area (Å²) in [6, 6.07) is 5.94. The van der Waals surface area contributed by atoms with Gasteiger partial charge in [0.2, 0.25) is 11.8 Å². The van der Waals surface area contributed by atoms with Crippen molar-refractivity contribution in [3.05, 3.63) is 29.3 Å². The number of amides is 2. The number of anilines is 1. The summed E-state index contributed by atoms with van der Waals surface area (Å²) >= 11 is 0. The van der Waals surface area contributed by atoms with E-state index in [-0.39, 0.29) is 30.3 Å². The standard InChI is InChI=1S/C18H24N2O3/c1-12-5-3-7-16(13(12)2)20-11-14(9-17(20)21)18(22)19-10-15-6-4-8-23-15/h3,5,7,14-15H,4,6,8-11H2,1-2H3,(H,19,22)/t14-,15-/m0/s1. The lowest BCUT2D eigenvalue weighted by Crippen LogP contribution is -2.37. The molecule has 2 saturated heterocycles. The molecular weight excluding hydrogens is 292 g/mol. The van der Waals surface area contributed by atoms with Gasteiger partial charge in [0, 0.05) is 31.8 Å². The Morgan fingerprint density at radius 2 is 2.22 bits per heavy atom. The van der Waals surface area contributed by atoms with E-state index in [4.69, 9.17) is 4.74 Å². The van der Waals surface area contributed by atoms with Crippen LogP contribution in [0.25, 0.3) is 0 Å². The third-order valence-corrected chi connectivity index (χ3v) is 4.89. The molecule has 2 aliphatic heterocycles. The van der Waals surface area contributed by atoms with Gasteiger partial charge in [0.1, 0.15) is 0 Å². The van der Waals surface area contributed by atoms with Crippen LogP contribution in [-0.2, 0) is 14.3 Å². The van der Waals surface area contributed by atoms with Crippen LogP contribution in [0.3, 0.4) is 0 Å². The zero-order valence-electron chi connectivity index (χ0n) is 13.8. The first kappa shape index (κ1) is 16.0. The van der Waals surface area contributed by atoms with E-state index in [2.05, 4.69) is 5.32 Å². The number of rotatable bonds is 4. The maximum Gasteiger partial charge on any atom is 0.227 e. The topological polar surface area (TPSA) is 58.6 Å². The van der Waals surface area contributed by atoms with Crippen LogP contribution in [-0.4, -0.2) is 37.6 Å². The lowest BCUT2D eigenvalue weighted by atomic mass is 10.1. The van der Waals surface area contributed by atoms with Crippen molar-refractivity contribution in [2.45, 2.75) is 39.2 Å². The molecule has 0 aliphatic carbocycles. The van der Waals surface area contributed by atoms with Crippen LogP contribution in [0, 0.1) is 19.8 Å². The van der Waals surface area contributed by atoms with E-state index in [9.17, 15) is 9.59 Å². The lowest BCUT2D eigenvalue weighted by Gasteiger charge is -2.20. The molecule has 2 amide bonds. The smallest absolute Gasteiger partial charge is 0.227 e. The molecule has 2 fully saturated rings. The molecule has 0 radical (unpaired) electrons. The quantitative estimate of drug-likeness (QED) is 0.924.